The van der Waals surface area contributed by atoms with Crippen molar-refractivity contribution in [1.82, 2.24) is 10.2 Å². The number of hydrogen-bond acceptors (Lipinski definition) is 4. The molecule has 1 atom stereocenters. The highest BCUT2D eigenvalue weighted by atomic mass is 35.5. The molecule has 1 N–H and O–H groups in total. The Kier molecular flexibility index (Phi) is 9.25. The Morgan fingerprint density at radius 1 is 1.09 bits per heavy atom. The largest absolute Gasteiger partial charge is 0.352 e. The van der Waals surface area contributed by atoms with Crippen molar-refractivity contribution in [3.05, 3.63) is 64.9 Å². The Morgan fingerprint density at radius 3 is 2.27 bits per heavy atom. The summed E-state index contributed by atoms with van der Waals surface area (Å²) in [4.78, 5) is 27.3. The quantitative estimate of drug-likeness (QED) is 0.546. The molecule has 0 fully saturated rings. The molecule has 0 aliphatic heterocycles. The maximum Gasteiger partial charge on any atom is 0.244 e. The molecule has 0 aliphatic rings. The van der Waals surface area contributed by atoms with Crippen LogP contribution < -0.4 is 9.62 Å². The van der Waals surface area contributed by atoms with Crippen molar-refractivity contribution in [2.75, 3.05) is 23.7 Å². The van der Waals surface area contributed by atoms with Crippen LogP contribution in [0.5, 0.6) is 0 Å². The Labute approximate surface area is 199 Å². The number of nitrogens with zero attached hydrogens (tertiary/aromatic N) is 2. The molecule has 33 heavy (non-hydrogen) atoms. The highest BCUT2D eigenvalue weighted by Gasteiger charge is 2.30. The van der Waals surface area contributed by atoms with E-state index < -0.39 is 34.3 Å². The fraction of sp³-hybridized carbons (Fsp3) is 0.391. The Balaban J connectivity index is 2.33. The first-order valence-electron chi connectivity index (χ1n) is 10.5. The number of rotatable bonds is 10. The lowest BCUT2D eigenvalue weighted by atomic mass is 10.1. The third-order valence-electron chi connectivity index (χ3n) is 4.95. The van der Waals surface area contributed by atoms with E-state index in [1.807, 2.05) is 44.2 Å². The monoisotopic (exact) mass is 497 g/mol. The number of nitrogens with one attached hydrogen (secondary N) is 1. The van der Waals surface area contributed by atoms with E-state index >= 15 is 0 Å². The predicted molar refractivity (Wildman–Crippen MR) is 128 cm³/mol. The van der Waals surface area contributed by atoms with Gasteiger partial charge in [0, 0.05) is 12.6 Å². The lowest BCUT2D eigenvalue weighted by Crippen LogP contribution is -2.53. The standard InChI is InChI=1S/C23H29ClFN3O4S/c1-16(2)26-23(30)17(3)27(13-12-18-8-6-5-7-9-18)22(29)15-28(33(4,31)32)19-10-11-21(25)20(24)14-19/h5-11,14,16-17H,12-13,15H2,1-4H3,(H,26,30)/t17-/m0/s1. The molecule has 7 nitrogen and oxygen atoms in total. The molecule has 0 bridgehead atoms. The fourth-order valence-corrected chi connectivity index (χ4v) is 4.25. The van der Waals surface area contributed by atoms with Gasteiger partial charge in [-0.25, -0.2) is 12.8 Å². The molecule has 2 aromatic carbocycles. The van der Waals surface area contributed by atoms with Crippen LogP contribution >= 0.6 is 11.6 Å². The molecule has 180 valence electrons. The zero-order valence-corrected chi connectivity index (χ0v) is 20.7. The third-order valence-corrected chi connectivity index (χ3v) is 6.38. The van der Waals surface area contributed by atoms with E-state index in [0.717, 1.165) is 28.3 Å². The van der Waals surface area contributed by atoms with Crippen molar-refractivity contribution in [2.45, 2.75) is 39.3 Å². The third kappa shape index (κ3) is 7.71. The van der Waals surface area contributed by atoms with Crippen molar-refractivity contribution < 1.29 is 22.4 Å². The predicted octanol–water partition coefficient (Wildman–Crippen LogP) is 3.23. The van der Waals surface area contributed by atoms with Crippen molar-refractivity contribution in [2.24, 2.45) is 0 Å². The lowest BCUT2D eigenvalue weighted by molar-refractivity contribution is -0.139. The summed E-state index contributed by atoms with van der Waals surface area (Å²) < 4.78 is 39.3. The molecule has 0 saturated heterocycles. The molecular weight excluding hydrogens is 469 g/mol. The molecule has 0 aliphatic carbocycles. The minimum atomic E-state index is -3.90. The lowest BCUT2D eigenvalue weighted by Gasteiger charge is -2.32. The zero-order valence-electron chi connectivity index (χ0n) is 19.1. The summed E-state index contributed by atoms with van der Waals surface area (Å²) in [6.45, 7) is 4.86. The number of carbonyl (C=O) groups is 2. The minimum Gasteiger partial charge on any atom is -0.352 e. The second-order valence-corrected chi connectivity index (χ2v) is 10.3. The topological polar surface area (TPSA) is 86.8 Å². The summed E-state index contributed by atoms with van der Waals surface area (Å²) in [5.41, 5.74) is 1.02. The first kappa shape index (κ1) is 26.6. The molecule has 2 amide bonds. The van der Waals surface area contributed by atoms with Gasteiger partial charge in [-0.15, -0.1) is 0 Å². The normalized spacial score (nSPS) is 12.3. The van der Waals surface area contributed by atoms with Crippen molar-refractivity contribution in [3.63, 3.8) is 0 Å². The number of anilines is 1. The van der Waals surface area contributed by atoms with Gasteiger partial charge in [-0.3, -0.25) is 13.9 Å². The maximum atomic E-state index is 13.6. The molecule has 0 aromatic heterocycles. The van der Waals surface area contributed by atoms with Gasteiger partial charge in [0.1, 0.15) is 18.4 Å². The maximum absolute atomic E-state index is 13.6. The van der Waals surface area contributed by atoms with E-state index in [4.69, 9.17) is 11.6 Å². The Morgan fingerprint density at radius 2 is 1.73 bits per heavy atom. The number of benzene rings is 2. The average Bonchev–Trinajstić information content (AvgIpc) is 2.73. The summed E-state index contributed by atoms with van der Waals surface area (Å²) in [5.74, 6) is -1.62. The second kappa shape index (κ2) is 11.5. The van der Waals surface area contributed by atoms with Crippen LogP contribution in [-0.4, -0.2) is 56.6 Å². The molecule has 0 spiro atoms. The molecule has 0 radical (unpaired) electrons. The van der Waals surface area contributed by atoms with E-state index in [-0.39, 0.29) is 29.2 Å². The molecule has 0 unspecified atom stereocenters. The summed E-state index contributed by atoms with van der Waals surface area (Å²) in [7, 11) is -3.90. The van der Waals surface area contributed by atoms with Gasteiger partial charge < -0.3 is 10.2 Å². The van der Waals surface area contributed by atoms with Gasteiger partial charge in [-0.2, -0.15) is 0 Å². The summed E-state index contributed by atoms with van der Waals surface area (Å²) >= 11 is 5.82. The van der Waals surface area contributed by atoms with Gasteiger partial charge in [0.15, 0.2) is 0 Å². The highest BCUT2D eigenvalue weighted by molar-refractivity contribution is 7.92. The van der Waals surface area contributed by atoms with E-state index in [1.165, 1.54) is 11.0 Å². The van der Waals surface area contributed by atoms with Crippen LogP contribution in [0.3, 0.4) is 0 Å². The first-order valence-corrected chi connectivity index (χ1v) is 12.7. The van der Waals surface area contributed by atoms with Crippen LogP contribution in [-0.2, 0) is 26.0 Å². The van der Waals surface area contributed by atoms with E-state index in [1.54, 1.807) is 6.92 Å². The van der Waals surface area contributed by atoms with Crippen molar-refractivity contribution in [3.8, 4) is 0 Å². The van der Waals surface area contributed by atoms with Gasteiger partial charge in [0.2, 0.25) is 21.8 Å². The van der Waals surface area contributed by atoms with E-state index in [9.17, 15) is 22.4 Å². The number of halogens is 2. The average molecular weight is 498 g/mol. The minimum absolute atomic E-state index is 0.0551. The van der Waals surface area contributed by atoms with Crippen LogP contribution in [0.15, 0.2) is 48.5 Å². The molecule has 0 saturated carbocycles. The molecular formula is C23H29ClFN3O4S. The molecule has 2 aromatic rings. The van der Waals surface area contributed by atoms with Gasteiger partial charge >= 0.3 is 0 Å². The van der Waals surface area contributed by atoms with Crippen LogP contribution in [0.25, 0.3) is 0 Å². The summed E-state index contributed by atoms with van der Waals surface area (Å²) in [6.07, 6.45) is 1.42. The van der Waals surface area contributed by atoms with Crippen LogP contribution in [0.4, 0.5) is 10.1 Å². The summed E-state index contributed by atoms with van der Waals surface area (Å²) in [6, 6.07) is 11.9. The number of sulfonamides is 1. The van der Waals surface area contributed by atoms with Crippen LogP contribution in [0, 0.1) is 5.82 Å². The van der Waals surface area contributed by atoms with Gasteiger partial charge in [0.05, 0.1) is 17.0 Å². The molecule has 10 heteroatoms. The smallest absolute Gasteiger partial charge is 0.244 e. The van der Waals surface area contributed by atoms with Crippen molar-refractivity contribution >= 4 is 39.1 Å². The van der Waals surface area contributed by atoms with Gasteiger partial charge in [0.25, 0.3) is 0 Å². The SMILES string of the molecule is CC(C)NC(=O)[C@H](C)N(CCc1ccccc1)C(=O)CN(c1ccc(F)c(Cl)c1)S(C)(=O)=O. The zero-order chi connectivity index (χ0) is 24.8. The first-order chi connectivity index (χ1) is 15.4. The van der Waals surface area contributed by atoms with Crippen LogP contribution in [0.1, 0.15) is 26.3 Å². The highest BCUT2D eigenvalue weighted by Crippen LogP contribution is 2.24. The van der Waals surface area contributed by atoms with Crippen molar-refractivity contribution in [1.29, 1.82) is 0 Å². The number of hydrogen-bond donors (Lipinski definition) is 1. The van der Waals surface area contributed by atoms with Crippen LogP contribution in [0.2, 0.25) is 5.02 Å². The van der Waals surface area contributed by atoms with E-state index in [2.05, 4.69) is 5.32 Å². The molecule has 2 rings (SSSR count). The Bertz CT molecular complexity index is 1080. The van der Waals surface area contributed by atoms with Gasteiger partial charge in [-0.1, -0.05) is 41.9 Å². The van der Waals surface area contributed by atoms with E-state index in [0.29, 0.717) is 6.42 Å². The van der Waals surface area contributed by atoms with Gasteiger partial charge in [-0.05, 0) is 51.0 Å². The molecule has 0 heterocycles. The number of carbonyl (C=O) groups excluding carboxylic acids is 2. The summed E-state index contributed by atoms with van der Waals surface area (Å²) in [5, 5.41) is 2.52. The fourth-order valence-electron chi connectivity index (χ4n) is 3.23. The Hall–Kier alpha value is -2.65. The number of amides is 2. The second-order valence-electron chi connectivity index (χ2n) is 8.03.